The summed E-state index contributed by atoms with van der Waals surface area (Å²) in [6.07, 6.45) is 1.06. The molecule has 3 rings (SSSR count). The van der Waals surface area contributed by atoms with Crippen molar-refractivity contribution < 1.29 is 14.3 Å². The summed E-state index contributed by atoms with van der Waals surface area (Å²) >= 11 is 0. The number of aryl methyl sites for hydroxylation is 1. The van der Waals surface area contributed by atoms with E-state index in [1.807, 2.05) is 31.3 Å². The van der Waals surface area contributed by atoms with Crippen molar-refractivity contribution in [3.05, 3.63) is 41.2 Å². The Morgan fingerprint density at radius 2 is 2.17 bits per heavy atom. The Morgan fingerprint density at radius 3 is 2.83 bits per heavy atom. The van der Waals surface area contributed by atoms with Gasteiger partial charge in [0.25, 0.3) is 5.91 Å². The van der Waals surface area contributed by atoms with Crippen molar-refractivity contribution in [1.82, 2.24) is 20.0 Å². The molecular weight excluding hydrogens is 368 g/mol. The SMILES string of the molecule is CC[C@@H]1CN(CCNC(=O)c2cc(C(C)C)nn2C)Cc2cc(OC)ccc2O1. The molecule has 1 amide bonds. The number of nitrogens with one attached hydrogen (secondary N) is 1. The minimum absolute atomic E-state index is 0.0907. The summed E-state index contributed by atoms with van der Waals surface area (Å²) in [6, 6.07) is 7.81. The highest BCUT2D eigenvalue weighted by atomic mass is 16.5. The number of nitrogens with zero attached hydrogens (tertiary/aromatic N) is 3. The second-order valence-corrected chi connectivity index (χ2v) is 7.85. The molecule has 1 aliphatic heterocycles. The van der Waals surface area contributed by atoms with Crippen molar-refractivity contribution >= 4 is 5.91 Å². The van der Waals surface area contributed by atoms with Gasteiger partial charge in [0.15, 0.2) is 0 Å². The molecule has 2 heterocycles. The molecule has 7 heteroatoms. The third-order valence-electron chi connectivity index (χ3n) is 5.31. The summed E-state index contributed by atoms with van der Waals surface area (Å²) in [6.45, 7) is 9.18. The minimum Gasteiger partial charge on any atom is -0.497 e. The fraction of sp³-hybridized carbons (Fsp3) is 0.545. The third kappa shape index (κ3) is 5.09. The standard InChI is InChI=1S/C22H32N4O3/c1-6-17-14-26(13-16-11-18(28-5)7-8-21(16)29-17)10-9-23-22(27)20-12-19(15(2)3)24-25(20)4/h7-8,11-12,15,17H,6,9-10,13-14H2,1-5H3,(H,23,27)/t17-/m1/s1. The van der Waals surface area contributed by atoms with Gasteiger partial charge in [-0.05, 0) is 36.6 Å². The fourth-order valence-corrected chi connectivity index (χ4v) is 3.52. The van der Waals surface area contributed by atoms with Crippen molar-refractivity contribution in [1.29, 1.82) is 0 Å². The molecule has 1 atom stereocenters. The Balaban J connectivity index is 1.62. The Morgan fingerprint density at radius 1 is 1.38 bits per heavy atom. The molecular formula is C22H32N4O3. The summed E-state index contributed by atoms with van der Waals surface area (Å²) in [4.78, 5) is 14.9. The Bertz CT molecular complexity index is 847. The molecule has 0 bridgehead atoms. The van der Waals surface area contributed by atoms with Gasteiger partial charge in [0, 0.05) is 38.8 Å². The molecule has 1 aliphatic rings. The van der Waals surface area contributed by atoms with Gasteiger partial charge in [-0.2, -0.15) is 5.10 Å². The van der Waals surface area contributed by atoms with Gasteiger partial charge in [0.1, 0.15) is 23.3 Å². The number of hydrogen-bond acceptors (Lipinski definition) is 5. The predicted octanol–water partition coefficient (Wildman–Crippen LogP) is 2.96. The van der Waals surface area contributed by atoms with Crippen molar-refractivity contribution in [2.45, 2.75) is 45.8 Å². The Hall–Kier alpha value is -2.54. The zero-order valence-electron chi connectivity index (χ0n) is 18.1. The fourth-order valence-electron chi connectivity index (χ4n) is 3.52. The molecule has 0 spiro atoms. The lowest BCUT2D eigenvalue weighted by molar-refractivity contribution is 0.0933. The summed E-state index contributed by atoms with van der Waals surface area (Å²) in [5.74, 6) is 1.95. The van der Waals surface area contributed by atoms with Gasteiger partial charge in [-0.3, -0.25) is 14.4 Å². The average molecular weight is 401 g/mol. The summed E-state index contributed by atoms with van der Waals surface area (Å²) in [5.41, 5.74) is 2.63. The van der Waals surface area contributed by atoms with Crippen LogP contribution in [0.5, 0.6) is 11.5 Å². The number of ether oxygens (including phenoxy) is 2. The van der Waals surface area contributed by atoms with Crippen LogP contribution < -0.4 is 14.8 Å². The molecule has 1 N–H and O–H groups in total. The minimum atomic E-state index is -0.0907. The van der Waals surface area contributed by atoms with Gasteiger partial charge in [0.05, 0.1) is 12.8 Å². The highest BCUT2D eigenvalue weighted by Crippen LogP contribution is 2.29. The van der Waals surface area contributed by atoms with Crippen LogP contribution in [0.25, 0.3) is 0 Å². The number of carbonyl (C=O) groups excluding carboxylic acids is 1. The van der Waals surface area contributed by atoms with E-state index in [9.17, 15) is 4.79 Å². The largest absolute Gasteiger partial charge is 0.497 e. The van der Waals surface area contributed by atoms with Gasteiger partial charge < -0.3 is 14.8 Å². The lowest BCUT2D eigenvalue weighted by atomic mass is 10.1. The number of hydrogen-bond donors (Lipinski definition) is 1. The molecule has 2 aromatic rings. The number of amides is 1. The maximum Gasteiger partial charge on any atom is 0.269 e. The van der Waals surface area contributed by atoms with Crippen LogP contribution in [0.15, 0.2) is 24.3 Å². The van der Waals surface area contributed by atoms with E-state index in [0.29, 0.717) is 18.2 Å². The molecule has 29 heavy (non-hydrogen) atoms. The van der Waals surface area contributed by atoms with E-state index in [4.69, 9.17) is 9.47 Å². The smallest absolute Gasteiger partial charge is 0.269 e. The normalized spacial score (nSPS) is 16.8. The van der Waals surface area contributed by atoms with E-state index < -0.39 is 0 Å². The molecule has 158 valence electrons. The Labute approximate surface area is 173 Å². The van der Waals surface area contributed by atoms with E-state index in [0.717, 1.165) is 48.8 Å². The highest BCUT2D eigenvalue weighted by Gasteiger charge is 2.22. The molecule has 0 saturated heterocycles. The second kappa shape index (κ2) is 9.31. The van der Waals surface area contributed by atoms with Gasteiger partial charge in [-0.15, -0.1) is 0 Å². The van der Waals surface area contributed by atoms with Gasteiger partial charge in [-0.1, -0.05) is 20.8 Å². The molecule has 1 aromatic carbocycles. The highest BCUT2D eigenvalue weighted by molar-refractivity contribution is 5.92. The summed E-state index contributed by atoms with van der Waals surface area (Å²) < 4.78 is 13.2. The topological polar surface area (TPSA) is 68.6 Å². The van der Waals surface area contributed by atoms with Crippen molar-refractivity contribution in [2.24, 2.45) is 7.05 Å². The van der Waals surface area contributed by atoms with Crippen LogP contribution in [0.3, 0.4) is 0 Å². The van der Waals surface area contributed by atoms with E-state index in [-0.39, 0.29) is 12.0 Å². The van der Waals surface area contributed by atoms with Crippen molar-refractivity contribution in [3.63, 3.8) is 0 Å². The van der Waals surface area contributed by atoms with Gasteiger partial charge in [-0.25, -0.2) is 0 Å². The van der Waals surface area contributed by atoms with Crippen LogP contribution in [0.1, 0.15) is 54.9 Å². The molecule has 0 radical (unpaired) electrons. The van der Waals surface area contributed by atoms with Crippen molar-refractivity contribution in [2.75, 3.05) is 26.7 Å². The average Bonchev–Trinajstić information content (AvgIpc) is 3.00. The number of fused-ring (bicyclic) bond motifs is 1. The molecule has 0 aliphatic carbocycles. The van der Waals surface area contributed by atoms with Crippen LogP contribution >= 0.6 is 0 Å². The van der Waals surface area contributed by atoms with Crippen LogP contribution in [-0.2, 0) is 13.6 Å². The summed E-state index contributed by atoms with van der Waals surface area (Å²) in [7, 11) is 3.48. The number of methoxy groups -OCH3 is 1. The lowest BCUT2D eigenvalue weighted by Gasteiger charge is -2.23. The van der Waals surface area contributed by atoms with Crippen LogP contribution in [0.2, 0.25) is 0 Å². The zero-order chi connectivity index (χ0) is 21.0. The quantitative estimate of drug-likeness (QED) is 0.774. The molecule has 1 aromatic heterocycles. The van der Waals surface area contributed by atoms with E-state index >= 15 is 0 Å². The summed E-state index contributed by atoms with van der Waals surface area (Å²) in [5, 5.41) is 7.45. The molecule has 0 saturated carbocycles. The second-order valence-electron chi connectivity index (χ2n) is 7.85. The van der Waals surface area contributed by atoms with E-state index in [1.54, 1.807) is 11.8 Å². The number of benzene rings is 1. The predicted molar refractivity (Wildman–Crippen MR) is 113 cm³/mol. The third-order valence-corrected chi connectivity index (χ3v) is 5.31. The molecule has 0 unspecified atom stereocenters. The first-order valence-corrected chi connectivity index (χ1v) is 10.3. The zero-order valence-corrected chi connectivity index (χ0v) is 18.1. The first kappa shape index (κ1) is 21.2. The number of aromatic nitrogens is 2. The molecule has 7 nitrogen and oxygen atoms in total. The van der Waals surface area contributed by atoms with Gasteiger partial charge >= 0.3 is 0 Å². The van der Waals surface area contributed by atoms with E-state index in [1.165, 1.54) is 0 Å². The first-order chi connectivity index (χ1) is 13.9. The number of carbonyl (C=O) groups is 1. The van der Waals surface area contributed by atoms with E-state index in [2.05, 4.69) is 36.1 Å². The van der Waals surface area contributed by atoms with Gasteiger partial charge in [0.2, 0.25) is 0 Å². The molecule has 0 fully saturated rings. The lowest BCUT2D eigenvalue weighted by Crippen LogP contribution is -2.38. The maximum absolute atomic E-state index is 12.6. The maximum atomic E-state index is 12.6. The Kier molecular flexibility index (Phi) is 6.79. The van der Waals surface area contributed by atoms with Crippen LogP contribution in [0.4, 0.5) is 0 Å². The van der Waals surface area contributed by atoms with Crippen molar-refractivity contribution in [3.8, 4) is 11.5 Å². The van der Waals surface area contributed by atoms with Crippen LogP contribution in [-0.4, -0.2) is 53.4 Å². The first-order valence-electron chi connectivity index (χ1n) is 10.3. The monoisotopic (exact) mass is 400 g/mol. The number of rotatable bonds is 7. The van der Waals surface area contributed by atoms with Crippen LogP contribution in [0, 0.1) is 0 Å².